The Labute approximate surface area is 119 Å². The van der Waals surface area contributed by atoms with E-state index in [1.54, 1.807) is 6.07 Å². The highest BCUT2D eigenvalue weighted by Gasteiger charge is 2.25. The molecule has 1 heterocycles. The minimum absolute atomic E-state index is 0.134. The standard InChI is InChI=1S/C15H11ClF2O2/c16-9-6-8-4-5-20-15(8)11(7-9)14(19)10-2-1-3-12(17)13(10)18/h1-3,6-7,14,19H,4-5H2. The molecule has 1 aliphatic heterocycles. The molecule has 0 aromatic heterocycles. The van der Waals surface area contributed by atoms with Crippen molar-refractivity contribution in [3.05, 3.63) is 63.7 Å². The molecule has 2 nitrogen and oxygen atoms in total. The highest BCUT2D eigenvalue weighted by atomic mass is 35.5. The zero-order chi connectivity index (χ0) is 14.3. The van der Waals surface area contributed by atoms with Crippen molar-refractivity contribution < 1.29 is 18.6 Å². The van der Waals surface area contributed by atoms with Gasteiger partial charge in [-0.05, 0) is 23.8 Å². The smallest absolute Gasteiger partial charge is 0.164 e. The molecule has 0 saturated heterocycles. The Morgan fingerprint density at radius 3 is 2.80 bits per heavy atom. The Hall–Kier alpha value is -1.65. The van der Waals surface area contributed by atoms with Crippen molar-refractivity contribution in [2.75, 3.05) is 6.61 Å². The second-order valence-corrected chi connectivity index (χ2v) is 5.06. The number of benzene rings is 2. The normalized spacial score (nSPS) is 14.8. The lowest BCUT2D eigenvalue weighted by Crippen LogP contribution is -2.06. The Balaban J connectivity index is 2.11. The van der Waals surface area contributed by atoms with Gasteiger partial charge in [-0.15, -0.1) is 0 Å². The van der Waals surface area contributed by atoms with Crippen molar-refractivity contribution in [1.29, 1.82) is 0 Å². The summed E-state index contributed by atoms with van der Waals surface area (Å²) in [5, 5.41) is 10.8. The van der Waals surface area contributed by atoms with Gasteiger partial charge in [0.25, 0.3) is 0 Å². The molecule has 1 N–H and O–H groups in total. The number of halogens is 3. The molecule has 0 bridgehead atoms. The molecule has 1 atom stereocenters. The Morgan fingerprint density at radius 1 is 1.20 bits per heavy atom. The lowest BCUT2D eigenvalue weighted by Gasteiger charge is -2.16. The fraction of sp³-hybridized carbons (Fsp3) is 0.200. The molecule has 20 heavy (non-hydrogen) atoms. The predicted octanol–water partition coefficient (Wildman–Crippen LogP) is 3.63. The number of rotatable bonds is 2. The first-order chi connectivity index (χ1) is 9.58. The Morgan fingerprint density at radius 2 is 2.00 bits per heavy atom. The van der Waals surface area contributed by atoms with Gasteiger partial charge in [-0.25, -0.2) is 8.78 Å². The lowest BCUT2D eigenvalue weighted by molar-refractivity contribution is 0.207. The molecule has 0 fully saturated rings. The van der Waals surface area contributed by atoms with Gasteiger partial charge < -0.3 is 9.84 Å². The van der Waals surface area contributed by atoms with E-state index >= 15 is 0 Å². The van der Waals surface area contributed by atoms with E-state index < -0.39 is 17.7 Å². The fourth-order valence-corrected chi connectivity index (χ4v) is 2.65. The number of hydrogen-bond donors (Lipinski definition) is 1. The first kappa shape index (κ1) is 13.3. The van der Waals surface area contributed by atoms with E-state index in [1.165, 1.54) is 18.2 Å². The minimum Gasteiger partial charge on any atom is -0.493 e. The summed E-state index contributed by atoms with van der Waals surface area (Å²) in [4.78, 5) is 0. The minimum atomic E-state index is -1.32. The monoisotopic (exact) mass is 296 g/mol. The van der Waals surface area contributed by atoms with Crippen molar-refractivity contribution >= 4 is 11.6 Å². The summed E-state index contributed by atoms with van der Waals surface area (Å²) in [6.45, 7) is 0.487. The van der Waals surface area contributed by atoms with Crippen molar-refractivity contribution in [3.63, 3.8) is 0 Å². The molecule has 0 aliphatic carbocycles. The van der Waals surface area contributed by atoms with Gasteiger partial charge >= 0.3 is 0 Å². The van der Waals surface area contributed by atoms with Crippen LogP contribution in [0.25, 0.3) is 0 Å². The molecular weight excluding hydrogens is 286 g/mol. The van der Waals surface area contributed by atoms with Crippen molar-refractivity contribution in [3.8, 4) is 5.75 Å². The largest absolute Gasteiger partial charge is 0.493 e. The third-order valence-corrected chi connectivity index (χ3v) is 3.57. The average Bonchev–Trinajstić information content (AvgIpc) is 2.88. The third kappa shape index (κ3) is 2.15. The van der Waals surface area contributed by atoms with Crippen LogP contribution in [0.1, 0.15) is 22.8 Å². The SMILES string of the molecule is OC(c1cccc(F)c1F)c1cc(Cl)cc2c1OCC2. The van der Waals surface area contributed by atoms with E-state index in [2.05, 4.69) is 0 Å². The zero-order valence-corrected chi connectivity index (χ0v) is 11.1. The highest BCUT2D eigenvalue weighted by Crippen LogP contribution is 2.39. The summed E-state index contributed by atoms with van der Waals surface area (Å²) in [7, 11) is 0. The second-order valence-electron chi connectivity index (χ2n) is 4.63. The number of fused-ring (bicyclic) bond motifs is 1. The van der Waals surface area contributed by atoms with Crippen LogP contribution in [0.2, 0.25) is 5.02 Å². The van der Waals surface area contributed by atoms with Gasteiger partial charge in [0, 0.05) is 22.6 Å². The van der Waals surface area contributed by atoms with Gasteiger partial charge in [0.1, 0.15) is 11.9 Å². The third-order valence-electron chi connectivity index (χ3n) is 3.35. The summed E-state index contributed by atoms with van der Waals surface area (Å²) in [5.41, 5.74) is 1.09. The van der Waals surface area contributed by atoms with E-state index in [0.29, 0.717) is 29.4 Å². The van der Waals surface area contributed by atoms with Crippen molar-refractivity contribution in [2.45, 2.75) is 12.5 Å². The molecule has 0 amide bonds. The van der Waals surface area contributed by atoms with Crippen LogP contribution in [0.4, 0.5) is 8.78 Å². The van der Waals surface area contributed by atoms with E-state index in [0.717, 1.165) is 11.6 Å². The molecule has 1 unspecified atom stereocenters. The fourth-order valence-electron chi connectivity index (χ4n) is 2.40. The van der Waals surface area contributed by atoms with Crippen LogP contribution < -0.4 is 4.74 Å². The van der Waals surface area contributed by atoms with Crippen LogP contribution in [0.3, 0.4) is 0 Å². The van der Waals surface area contributed by atoms with Crippen molar-refractivity contribution in [2.24, 2.45) is 0 Å². The van der Waals surface area contributed by atoms with Crippen LogP contribution >= 0.6 is 11.6 Å². The Bertz CT molecular complexity index is 673. The maximum Gasteiger partial charge on any atom is 0.164 e. The van der Waals surface area contributed by atoms with Crippen LogP contribution in [-0.2, 0) is 6.42 Å². The van der Waals surface area contributed by atoms with Crippen LogP contribution in [0, 0.1) is 11.6 Å². The Kier molecular flexibility index (Phi) is 3.36. The second kappa shape index (κ2) is 5.04. The summed E-state index contributed by atoms with van der Waals surface area (Å²) >= 11 is 6.00. The molecular formula is C15H11ClF2O2. The number of aliphatic hydroxyl groups excluding tert-OH is 1. The molecule has 1 aliphatic rings. The number of aliphatic hydroxyl groups is 1. The highest BCUT2D eigenvalue weighted by molar-refractivity contribution is 6.30. The quantitative estimate of drug-likeness (QED) is 0.917. The van der Waals surface area contributed by atoms with Gasteiger partial charge in [-0.2, -0.15) is 0 Å². The van der Waals surface area contributed by atoms with E-state index in [-0.39, 0.29) is 5.56 Å². The molecule has 0 radical (unpaired) electrons. The maximum atomic E-state index is 13.8. The topological polar surface area (TPSA) is 29.5 Å². The van der Waals surface area contributed by atoms with E-state index in [9.17, 15) is 13.9 Å². The van der Waals surface area contributed by atoms with Gasteiger partial charge in [0.15, 0.2) is 11.6 Å². The first-order valence-electron chi connectivity index (χ1n) is 6.15. The van der Waals surface area contributed by atoms with E-state index in [1.807, 2.05) is 0 Å². The molecule has 2 aromatic rings. The van der Waals surface area contributed by atoms with Crippen LogP contribution in [-0.4, -0.2) is 11.7 Å². The zero-order valence-electron chi connectivity index (χ0n) is 10.4. The van der Waals surface area contributed by atoms with Gasteiger partial charge in [-0.1, -0.05) is 23.7 Å². The van der Waals surface area contributed by atoms with Gasteiger partial charge in [0.2, 0.25) is 0 Å². The average molecular weight is 297 g/mol. The molecule has 3 rings (SSSR count). The lowest BCUT2D eigenvalue weighted by atomic mass is 9.97. The molecule has 0 spiro atoms. The van der Waals surface area contributed by atoms with Crippen molar-refractivity contribution in [1.82, 2.24) is 0 Å². The van der Waals surface area contributed by atoms with Crippen LogP contribution in [0.5, 0.6) is 5.75 Å². The molecule has 104 valence electrons. The predicted molar refractivity (Wildman–Crippen MR) is 71.1 cm³/mol. The molecule has 2 aromatic carbocycles. The summed E-state index contributed by atoms with van der Waals surface area (Å²) in [5.74, 6) is -1.56. The summed E-state index contributed by atoms with van der Waals surface area (Å²) < 4.78 is 32.5. The molecule has 0 saturated carbocycles. The van der Waals surface area contributed by atoms with E-state index in [4.69, 9.17) is 16.3 Å². The van der Waals surface area contributed by atoms with Gasteiger partial charge in [-0.3, -0.25) is 0 Å². The van der Waals surface area contributed by atoms with Gasteiger partial charge in [0.05, 0.1) is 6.61 Å². The summed E-state index contributed by atoms with van der Waals surface area (Å²) in [6.07, 6.45) is -0.641. The molecule has 5 heteroatoms. The summed E-state index contributed by atoms with van der Waals surface area (Å²) in [6, 6.07) is 6.96. The number of ether oxygens (including phenoxy) is 1. The first-order valence-corrected chi connectivity index (χ1v) is 6.53. The maximum absolute atomic E-state index is 13.8. The van der Waals surface area contributed by atoms with Crippen LogP contribution in [0.15, 0.2) is 30.3 Å². The number of hydrogen-bond acceptors (Lipinski definition) is 2.